The molecule has 0 unspecified atom stereocenters. The van der Waals surface area contributed by atoms with Crippen molar-refractivity contribution in [2.45, 2.75) is 6.42 Å². The molecule has 5 N–H and O–H groups in total. The molecule has 3 rings (SSSR count). The first-order valence-electron chi connectivity index (χ1n) is 9.40. The molecule has 2 heterocycles. The summed E-state index contributed by atoms with van der Waals surface area (Å²) in [6.07, 6.45) is 5.93. The molecule has 0 aliphatic rings. The molecule has 2 amide bonds. The Kier molecular flexibility index (Phi) is 6.79. The number of rotatable bonds is 8. The standard InChI is InChI=1S/C22H21N7O2/c23-14-29(10-7-20(24)30)21(25)16-3-1-5-18(11-16)28-22(31)19-12-15(6-9-27-19)17-4-2-8-26-13-17/h1-6,8-9,11-14,23,25H,7,10H2,(H2,24,30)(H,28,31). The van der Waals surface area contributed by atoms with Gasteiger partial charge in [0.05, 0.1) is 6.34 Å². The maximum absolute atomic E-state index is 12.7. The fourth-order valence-corrected chi connectivity index (χ4v) is 2.84. The third-order valence-corrected chi connectivity index (χ3v) is 4.42. The molecule has 9 heteroatoms. The van der Waals surface area contributed by atoms with Crippen molar-refractivity contribution in [2.75, 3.05) is 11.9 Å². The highest BCUT2D eigenvalue weighted by Gasteiger charge is 2.13. The second-order valence-electron chi connectivity index (χ2n) is 6.59. The van der Waals surface area contributed by atoms with Gasteiger partial charge in [0.25, 0.3) is 5.91 Å². The summed E-state index contributed by atoms with van der Waals surface area (Å²) < 4.78 is 0. The van der Waals surface area contributed by atoms with Crippen LogP contribution in [0.3, 0.4) is 0 Å². The normalized spacial score (nSPS) is 10.2. The van der Waals surface area contributed by atoms with E-state index >= 15 is 0 Å². The van der Waals surface area contributed by atoms with Gasteiger partial charge in [-0.25, -0.2) is 0 Å². The number of benzene rings is 1. The Morgan fingerprint density at radius 3 is 2.65 bits per heavy atom. The molecule has 2 aromatic heterocycles. The third-order valence-electron chi connectivity index (χ3n) is 4.42. The van der Waals surface area contributed by atoms with Crippen LogP contribution in [0.15, 0.2) is 67.1 Å². The Bertz CT molecular complexity index is 1120. The molecule has 0 spiro atoms. The van der Waals surface area contributed by atoms with Crippen molar-refractivity contribution in [2.24, 2.45) is 5.73 Å². The highest BCUT2D eigenvalue weighted by Crippen LogP contribution is 2.19. The Morgan fingerprint density at radius 2 is 1.94 bits per heavy atom. The molecule has 0 aliphatic carbocycles. The number of amides is 2. The van der Waals surface area contributed by atoms with Crippen LogP contribution in [0.4, 0.5) is 5.69 Å². The first-order chi connectivity index (χ1) is 15.0. The van der Waals surface area contributed by atoms with E-state index in [2.05, 4.69) is 15.3 Å². The van der Waals surface area contributed by atoms with Gasteiger partial charge < -0.3 is 16.0 Å². The van der Waals surface area contributed by atoms with Gasteiger partial charge in [-0.3, -0.25) is 30.4 Å². The van der Waals surface area contributed by atoms with Crippen LogP contribution in [-0.4, -0.2) is 45.4 Å². The SMILES string of the molecule is N=CN(CCC(N)=O)C(=N)c1cccc(NC(=O)c2cc(-c3cccnc3)ccn2)c1. The lowest BCUT2D eigenvalue weighted by molar-refractivity contribution is -0.118. The topological polar surface area (TPSA) is 149 Å². The van der Waals surface area contributed by atoms with Gasteiger partial charge in [-0.2, -0.15) is 0 Å². The predicted octanol–water partition coefficient (Wildman–Crippen LogP) is 2.51. The lowest BCUT2D eigenvalue weighted by Gasteiger charge is -2.19. The van der Waals surface area contributed by atoms with Crippen LogP contribution < -0.4 is 11.1 Å². The summed E-state index contributed by atoms with van der Waals surface area (Å²) in [5.74, 6) is -0.891. The van der Waals surface area contributed by atoms with Crippen molar-refractivity contribution < 1.29 is 9.59 Å². The quantitative estimate of drug-likeness (QED) is 0.329. The van der Waals surface area contributed by atoms with Gasteiger partial charge in [0.1, 0.15) is 11.5 Å². The zero-order valence-electron chi connectivity index (χ0n) is 16.6. The lowest BCUT2D eigenvalue weighted by Crippen LogP contribution is -2.32. The predicted molar refractivity (Wildman–Crippen MR) is 118 cm³/mol. The summed E-state index contributed by atoms with van der Waals surface area (Å²) in [4.78, 5) is 33.2. The summed E-state index contributed by atoms with van der Waals surface area (Å²) in [6, 6.07) is 13.9. The largest absolute Gasteiger partial charge is 0.370 e. The van der Waals surface area contributed by atoms with Crippen molar-refractivity contribution in [3.63, 3.8) is 0 Å². The molecule has 31 heavy (non-hydrogen) atoms. The van der Waals surface area contributed by atoms with E-state index in [0.29, 0.717) is 11.3 Å². The van der Waals surface area contributed by atoms with Crippen LogP contribution in [0.2, 0.25) is 0 Å². The minimum Gasteiger partial charge on any atom is -0.370 e. The van der Waals surface area contributed by atoms with Gasteiger partial charge in [0.2, 0.25) is 5.91 Å². The van der Waals surface area contributed by atoms with Crippen LogP contribution in [-0.2, 0) is 4.79 Å². The number of carbonyl (C=O) groups excluding carboxylic acids is 2. The summed E-state index contributed by atoms with van der Waals surface area (Å²) in [5, 5.41) is 18.5. The fraction of sp³-hybridized carbons (Fsp3) is 0.0909. The maximum Gasteiger partial charge on any atom is 0.274 e. The molecule has 0 atom stereocenters. The van der Waals surface area contributed by atoms with Crippen molar-refractivity contribution in [3.05, 3.63) is 78.4 Å². The van der Waals surface area contributed by atoms with Gasteiger partial charge in [-0.15, -0.1) is 0 Å². The Balaban J connectivity index is 1.75. The molecule has 0 aliphatic heterocycles. The number of primary amides is 1. The summed E-state index contributed by atoms with van der Waals surface area (Å²) >= 11 is 0. The maximum atomic E-state index is 12.7. The zero-order chi connectivity index (χ0) is 22.2. The molecule has 156 valence electrons. The molecular weight excluding hydrogens is 394 g/mol. The number of nitrogens with one attached hydrogen (secondary N) is 3. The third kappa shape index (κ3) is 5.57. The number of anilines is 1. The number of hydrogen-bond acceptors (Lipinski definition) is 6. The second kappa shape index (κ2) is 9.88. The zero-order valence-corrected chi connectivity index (χ0v) is 16.6. The van der Waals surface area contributed by atoms with E-state index in [0.717, 1.165) is 17.5 Å². The van der Waals surface area contributed by atoms with Crippen molar-refractivity contribution in [3.8, 4) is 11.1 Å². The van der Waals surface area contributed by atoms with E-state index in [-0.39, 0.29) is 24.5 Å². The summed E-state index contributed by atoms with van der Waals surface area (Å²) in [5.41, 5.74) is 8.03. The minimum absolute atomic E-state index is 0.0176. The monoisotopic (exact) mass is 415 g/mol. The van der Waals surface area contributed by atoms with Crippen LogP contribution >= 0.6 is 0 Å². The van der Waals surface area contributed by atoms with Crippen molar-refractivity contribution >= 4 is 29.7 Å². The van der Waals surface area contributed by atoms with Crippen molar-refractivity contribution in [1.82, 2.24) is 14.9 Å². The van der Waals surface area contributed by atoms with E-state index in [1.54, 1.807) is 55.0 Å². The minimum atomic E-state index is -0.512. The van der Waals surface area contributed by atoms with E-state index < -0.39 is 11.8 Å². The Morgan fingerprint density at radius 1 is 1.10 bits per heavy atom. The van der Waals surface area contributed by atoms with Gasteiger partial charge in [0, 0.05) is 48.4 Å². The molecule has 0 saturated carbocycles. The van der Waals surface area contributed by atoms with E-state index in [9.17, 15) is 9.59 Å². The molecule has 1 aromatic carbocycles. The molecular formula is C22H21N7O2. The number of amidine groups is 1. The van der Waals surface area contributed by atoms with Gasteiger partial charge in [0.15, 0.2) is 0 Å². The lowest BCUT2D eigenvalue weighted by atomic mass is 10.1. The van der Waals surface area contributed by atoms with Gasteiger partial charge in [-0.1, -0.05) is 18.2 Å². The van der Waals surface area contributed by atoms with Crippen LogP contribution in [0, 0.1) is 10.8 Å². The number of hydrogen-bond donors (Lipinski definition) is 4. The smallest absolute Gasteiger partial charge is 0.274 e. The van der Waals surface area contributed by atoms with Crippen LogP contribution in [0.1, 0.15) is 22.5 Å². The van der Waals surface area contributed by atoms with Gasteiger partial charge in [-0.05, 0) is 35.9 Å². The molecule has 0 bridgehead atoms. The van der Waals surface area contributed by atoms with Crippen LogP contribution in [0.25, 0.3) is 11.1 Å². The molecule has 0 saturated heterocycles. The number of pyridine rings is 2. The first kappa shape index (κ1) is 21.3. The van der Waals surface area contributed by atoms with E-state index in [1.165, 1.54) is 4.90 Å². The number of aromatic nitrogens is 2. The second-order valence-corrected chi connectivity index (χ2v) is 6.59. The molecule has 9 nitrogen and oxygen atoms in total. The Hall–Kier alpha value is -4.40. The molecule has 0 radical (unpaired) electrons. The van der Waals surface area contributed by atoms with Crippen molar-refractivity contribution in [1.29, 1.82) is 10.8 Å². The summed E-state index contributed by atoms with van der Waals surface area (Å²) in [6.45, 7) is 0.124. The number of nitrogens with two attached hydrogens (primary N) is 1. The summed E-state index contributed by atoms with van der Waals surface area (Å²) in [7, 11) is 0. The number of carbonyl (C=O) groups is 2. The average Bonchev–Trinajstić information content (AvgIpc) is 2.80. The molecule has 3 aromatic rings. The average molecular weight is 415 g/mol. The molecule has 0 fully saturated rings. The Labute approximate surface area is 179 Å². The van der Waals surface area contributed by atoms with Gasteiger partial charge >= 0.3 is 0 Å². The van der Waals surface area contributed by atoms with Crippen LogP contribution in [0.5, 0.6) is 0 Å². The fourth-order valence-electron chi connectivity index (χ4n) is 2.84. The first-order valence-corrected chi connectivity index (χ1v) is 9.40. The van der Waals surface area contributed by atoms with E-state index in [1.807, 2.05) is 12.1 Å². The number of nitrogens with zero attached hydrogens (tertiary/aromatic N) is 3. The van der Waals surface area contributed by atoms with E-state index in [4.69, 9.17) is 16.6 Å². The highest BCUT2D eigenvalue weighted by atomic mass is 16.2. The highest BCUT2D eigenvalue weighted by molar-refractivity contribution is 6.06.